The Morgan fingerprint density at radius 2 is 2.00 bits per heavy atom. The molecule has 6 heteroatoms. The number of anilines is 1. The SMILES string of the molecule is O=C(Nc1ccc(OCCO)cc1)c1cc(Cl)cc2cccnc12. The minimum Gasteiger partial charge on any atom is -0.491 e. The molecule has 0 fully saturated rings. The van der Waals surface area contributed by atoms with Crippen LogP contribution in [0.1, 0.15) is 10.4 Å². The first-order chi connectivity index (χ1) is 11.7. The molecule has 122 valence electrons. The molecule has 0 aliphatic carbocycles. The van der Waals surface area contributed by atoms with Crippen molar-refractivity contribution < 1.29 is 14.6 Å². The number of nitrogens with zero attached hydrogens (tertiary/aromatic N) is 1. The number of carbonyl (C=O) groups is 1. The monoisotopic (exact) mass is 342 g/mol. The number of halogens is 1. The van der Waals surface area contributed by atoms with Crippen LogP contribution in [-0.4, -0.2) is 29.2 Å². The average molecular weight is 343 g/mol. The number of fused-ring (bicyclic) bond motifs is 1. The van der Waals surface area contributed by atoms with Gasteiger partial charge in [-0.15, -0.1) is 0 Å². The molecular weight excluding hydrogens is 328 g/mol. The number of carbonyl (C=O) groups excluding carboxylic acids is 1. The summed E-state index contributed by atoms with van der Waals surface area (Å²) in [5.74, 6) is 0.335. The zero-order valence-electron chi connectivity index (χ0n) is 12.7. The number of benzene rings is 2. The van der Waals surface area contributed by atoms with Crippen molar-refractivity contribution in [3.05, 3.63) is 65.3 Å². The summed E-state index contributed by atoms with van der Waals surface area (Å²) in [6.07, 6.45) is 1.64. The van der Waals surface area contributed by atoms with E-state index >= 15 is 0 Å². The van der Waals surface area contributed by atoms with Crippen LogP contribution in [-0.2, 0) is 0 Å². The molecule has 0 saturated carbocycles. The largest absolute Gasteiger partial charge is 0.491 e. The first-order valence-electron chi connectivity index (χ1n) is 7.37. The molecule has 2 aromatic carbocycles. The van der Waals surface area contributed by atoms with Crippen molar-refractivity contribution in [3.8, 4) is 5.75 Å². The zero-order chi connectivity index (χ0) is 16.9. The molecule has 24 heavy (non-hydrogen) atoms. The lowest BCUT2D eigenvalue weighted by atomic mass is 10.1. The van der Waals surface area contributed by atoms with Gasteiger partial charge in [0.2, 0.25) is 0 Å². The minimum absolute atomic E-state index is 0.0483. The highest BCUT2D eigenvalue weighted by molar-refractivity contribution is 6.32. The molecule has 0 saturated heterocycles. The molecule has 0 bridgehead atoms. The molecular formula is C18H15ClN2O3. The van der Waals surface area contributed by atoms with Gasteiger partial charge >= 0.3 is 0 Å². The number of aliphatic hydroxyl groups excluding tert-OH is 1. The molecule has 1 amide bonds. The summed E-state index contributed by atoms with van der Waals surface area (Å²) in [5, 5.41) is 12.8. The number of aliphatic hydroxyl groups is 1. The first kappa shape index (κ1) is 16.2. The van der Waals surface area contributed by atoms with Crippen molar-refractivity contribution in [3.63, 3.8) is 0 Å². The Balaban J connectivity index is 1.82. The van der Waals surface area contributed by atoms with Crippen LogP contribution in [0, 0.1) is 0 Å². The van der Waals surface area contributed by atoms with Gasteiger partial charge in [0.25, 0.3) is 5.91 Å². The third-order valence-corrected chi connectivity index (χ3v) is 3.60. The van der Waals surface area contributed by atoms with Gasteiger partial charge in [0.05, 0.1) is 17.7 Å². The quantitative estimate of drug-likeness (QED) is 0.744. The topological polar surface area (TPSA) is 71.5 Å². The molecule has 0 aliphatic heterocycles. The van der Waals surface area contributed by atoms with E-state index in [0.29, 0.717) is 27.5 Å². The number of ether oxygens (including phenoxy) is 1. The van der Waals surface area contributed by atoms with Crippen molar-refractivity contribution in [2.45, 2.75) is 0 Å². The number of hydrogen-bond donors (Lipinski definition) is 2. The summed E-state index contributed by atoms with van der Waals surface area (Å²) in [4.78, 5) is 16.8. The number of rotatable bonds is 5. The van der Waals surface area contributed by atoms with Crippen molar-refractivity contribution in [2.75, 3.05) is 18.5 Å². The van der Waals surface area contributed by atoms with E-state index in [2.05, 4.69) is 10.3 Å². The van der Waals surface area contributed by atoms with Crippen LogP contribution in [0.4, 0.5) is 5.69 Å². The molecule has 0 unspecified atom stereocenters. The maximum Gasteiger partial charge on any atom is 0.257 e. The highest BCUT2D eigenvalue weighted by Crippen LogP contribution is 2.23. The summed E-state index contributed by atoms with van der Waals surface area (Å²) in [7, 11) is 0. The van der Waals surface area contributed by atoms with Gasteiger partial charge in [-0.05, 0) is 42.5 Å². The van der Waals surface area contributed by atoms with E-state index in [0.717, 1.165) is 5.39 Å². The Labute approximate surface area is 143 Å². The molecule has 3 rings (SSSR count). The highest BCUT2D eigenvalue weighted by Gasteiger charge is 2.13. The van der Waals surface area contributed by atoms with Gasteiger partial charge in [0, 0.05) is 22.3 Å². The Morgan fingerprint density at radius 1 is 1.21 bits per heavy atom. The smallest absolute Gasteiger partial charge is 0.257 e. The Hall–Kier alpha value is -2.63. The zero-order valence-corrected chi connectivity index (χ0v) is 13.5. The second-order valence-electron chi connectivity index (χ2n) is 5.08. The van der Waals surface area contributed by atoms with Crippen LogP contribution in [0.5, 0.6) is 5.75 Å². The normalized spacial score (nSPS) is 10.6. The third kappa shape index (κ3) is 3.64. The summed E-state index contributed by atoms with van der Waals surface area (Å²) in [6.45, 7) is 0.180. The van der Waals surface area contributed by atoms with Gasteiger partial charge in [0.15, 0.2) is 0 Å². The van der Waals surface area contributed by atoms with Crippen LogP contribution in [0.2, 0.25) is 5.02 Å². The molecule has 2 N–H and O–H groups in total. The van der Waals surface area contributed by atoms with Crippen LogP contribution in [0.15, 0.2) is 54.7 Å². The van der Waals surface area contributed by atoms with Crippen LogP contribution in [0.3, 0.4) is 0 Å². The molecule has 0 spiro atoms. The van der Waals surface area contributed by atoms with Crippen molar-refractivity contribution in [2.24, 2.45) is 0 Å². The molecule has 5 nitrogen and oxygen atoms in total. The molecule has 1 aromatic heterocycles. The summed E-state index contributed by atoms with van der Waals surface area (Å²) in [5.41, 5.74) is 1.64. The second-order valence-corrected chi connectivity index (χ2v) is 5.52. The van der Waals surface area contributed by atoms with Gasteiger partial charge in [-0.3, -0.25) is 9.78 Å². The number of aromatic nitrogens is 1. The van der Waals surface area contributed by atoms with E-state index in [1.165, 1.54) is 0 Å². The number of amides is 1. The van der Waals surface area contributed by atoms with Gasteiger partial charge in [0.1, 0.15) is 12.4 Å². The average Bonchev–Trinajstić information content (AvgIpc) is 2.60. The van der Waals surface area contributed by atoms with E-state index < -0.39 is 0 Å². The van der Waals surface area contributed by atoms with Gasteiger partial charge < -0.3 is 15.2 Å². The summed E-state index contributed by atoms with van der Waals surface area (Å²) >= 11 is 6.10. The third-order valence-electron chi connectivity index (χ3n) is 3.39. The Bertz CT molecular complexity index is 866. The predicted molar refractivity (Wildman–Crippen MR) is 93.7 cm³/mol. The Kier molecular flexibility index (Phi) is 4.93. The fraction of sp³-hybridized carbons (Fsp3) is 0.111. The van der Waals surface area contributed by atoms with Gasteiger partial charge in [-0.25, -0.2) is 0 Å². The van der Waals surface area contributed by atoms with Crippen LogP contribution in [0.25, 0.3) is 10.9 Å². The molecule has 3 aromatic rings. The van der Waals surface area contributed by atoms with E-state index in [1.54, 1.807) is 48.7 Å². The van der Waals surface area contributed by atoms with Crippen molar-refractivity contribution >= 4 is 34.1 Å². The lowest BCUT2D eigenvalue weighted by Crippen LogP contribution is -2.13. The molecule has 0 aliphatic rings. The van der Waals surface area contributed by atoms with Crippen molar-refractivity contribution in [1.82, 2.24) is 4.98 Å². The fourth-order valence-electron chi connectivity index (χ4n) is 2.33. The first-order valence-corrected chi connectivity index (χ1v) is 7.74. The minimum atomic E-state index is -0.287. The van der Waals surface area contributed by atoms with E-state index in [4.69, 9.17) is 21.4 Å². The van der Waals surface area contributed by atoms with E-state index in [-0.39, 0.29) is 19.1 Å². The number of hydrogen-bond acceptors (Lipinski definition) is 4. The van der Waals surface area contributed by atoms with Gasteiger partial charge in [-0.2, -0.15) is 0 Å². The second kappa shape index (κ2) is 7.29. The lowest BCUT2D eigenvalue weighted by Gasteiger charge is -2.09. The molecule has 0 radical (unpaired) electrons. The van der Waals surface area contributed by atoms with Crippen molar-refractivity contribution in [1.29, 1.82) is 0 Å². The number of pyridine rings is 1. The van der Waals surface area contributed by atoms with E-state index in [1.807, 2.05) is 6.07 Å². The van der Waals surface area contributed by atoms with E-state index in [9.17, 15) is 4.79 Å². The standard InChI is InChI=1S/C18H15ClN2O3/c19-13-10-12-2-1-7-20-17(12)16(11-13)18(23)21-14-3-5-15(6-4-14)24-9-8-22/h1-7,10-11,22H,8-9H2,(H,21,23). The van der Waals surface area contributed by atoms with Crippen LogP contribution < -0.4 is 10.1 Å². The van der Waals surface area contributed by atoms with Crippen LogP contribution >= 0.6 is 11.6 Å². The maximum atomic E-state index is 12.6. The summed E-state index contributed by atoms with van der Waals surface area (Å²) < 4.78 is 5.28. The maximum absolute atomic E-state index is 12.6. The highest BCUT2D eigenvalue weighted by atomic mass is 35.5. The fourth-order valence-corrected chi connectivity index (χ4v) is 2.55. The molecule has 0 atom stereocenters. The molecule has 1 heterocycles. The Morgan fingerprint density at radius 3 is 2.75 bits per heavy atom. The summed E-state index contributed by atoms with van der Waals surface area (Å²) in [6, 6.07) is 13.9. The predicted octanol–water partition coefficient (Wildman–Crippen LogP) is 3.51. The van der Waals surface area contributed by atoms with Gasteiger partial charge in [-0.1, -0.05) is 17.7 Å². The lowest BCUT2D eigenvalue weighted by molar-refractivity contribution is 0.102. The number of nitrogens with one attached hydrogen (secondary N) is 1.